The van der Waals surface area contributed by atoms with Crippen LogP contribution >= 0.6 is 0 Å². The Bertz CT molecular complexity index is 346. The predicted molar refractivity (Wildman–Crippen MR) is 63.6 cm³/mol. The average Bonchev–Trinajstić information content (AvgIpc) is 2.79. The van der Waals surface area contributed by atoms with Crippen LogP contribution in [-0.4, -0.2) is 26.9 Å². The minimum Gasteiger partial charge on any atom is -0.496 e. The summed E-state index contributed by atoms with van der Waals surface area (Å²) >= 11 is 0. The van der Waals surface area contributed by atoms with E-state index >= 15 is 0 Å². The van der Waals surface area contributed by atoms with Crippen molar-refractivity contribution >= 4 is 0 Å². The molecule has 16 heavy (non-hydrogen) atoms. The molecule has 2 N–H and O–H groups in total. The molecule has 1 heterocycles. The molecule has 2 rings (SSSR count). The van der Waals surface area contributed by atoms with Crippen LogP contribution in [-0.2, 0) is 11.2 Å². The van der Waals surface area contributed by atoms with Crippen molar-refractivity contribution in [3.63, 3.8) is 0 Å². The molecule has 1 aliphatic rings. The Labute approximate surface area is 96.5 Å². The summed E-state index contributed by atoms with van der Waals surface area (Å²) < 4.78 is 10.8. The molecule has 1 aromatic carbocycles. The molecule has 1 atom stereocenters. The van der Waals surface area contributed by atoms with Gasteiger partial charge in [-0.2, -0.15) is 0 Å². The van der Waals surface area contributed by atoms with Crippen LogP contribution in [0, 0.1) is 5.41 Å². The Balaban J connectivity index is 2.18. The number of nitrogens with two attached hydrogens (primary N) is 1. The Morgan fingerprint density at radius 3 is 2.88 bits per heavy atom. The number of rotatable bonds is 4. The average molecular weight is 221 g/mol. The lowest BCUT2D eigenvalue weighted by molar-refractivity contribution is 0.154. The van der Waals surface area contributed by atoms with Crippen molar-refractivity contribution in [2.75, 3.05) is 26.9 Å². The molecule has 0 spiro atoms. The molecule has 0 aromatic heterocycles. The fourth-order valence-electron chi connectivity index (χ4n) is 2.28. The standard InChI is InChI=1S/C13H19NO2/c1-15-12-5-3-2-4-11(12)8-13(9-14)6-7-16-10-13/h2-5H,6-10,14H2,1H3. The smallest absolute Gasteiger partial charge is 0.122 e. The van der Waals surface area contributed by atoms with E-state index in [0.29, 0.717) is 6.54 Å². The van der Waals surface area contributed by atoms with E-state index in [4.69, 9.17) is 15.2 Å². The summed E-state index contributed by atoms with van der Waals surface area (Å²) in [5, 5.41) is 0. The zero-order valence-corrected chi connectivity index (χ0v) is 9.74. The normalized spacial score (nSPS) is 24.6. The Hall–Kier alpha value is -1.06. The van der Waals surface area contributed by atoms with Gasteiger partial charge in [0.05, 0.1) is 13.7 Å². The lowest BCUT2D eigenvalue weighted by Crippen LogP contribution is -2.33. The summed E-state index contributed by atoms with van der Waals surface area (Å²) in [5.74, 6) is 0.947. The third-order valence-electron chi connectivity index (χ3n) is 3.38. The van der Waals surface area contributed by atoms with Crippen LogP contribution < -0.4 is 10.5 Å². The molecule has 1 fully saturated rings. The van der Waals surface area contributed by atoms with Gasteiger partial charge in [0.25, 0.3) is 0 Å². The molecule has 3 nitrogen and oxygen atoms in total. The lowest BCUT2D eigenvalue weighted by atomic mass is 9.81. The molecular formula is C13H19NO2. The van der Waals surface area contributed by atoms with E-state index in [9.17, 15) is 0 Å². The monoisotopic (exact) mass is 221 g/mol. The third kappa shape index (κ3) is 2.20. The van der Waals surface area contributed by atoms with Gasteiger partial charge in [0, 0.05) is 18.6 Å². The predicted octanol–water partition coefficient (Wildman–Crippen LogP) is 1.60. The molecule has 0 saturated carbocycles. The van der Waals surface area contributed by atoms with E-state index in [-0.39, 0.29) is 5.41 Å². The number of benzene rings is 1. The van der Waals surface area contributed by atoms with Crippen LogP contribution in [0.3, 0.4) is 0 Å². The summed E-state index contributed by atoms with van der Waals surface area (Å²) in [4.78, 5) is 0. The first kappa shape index (κ1) is 11.4. The summed E-state index contributed by atoms with van der Waals surface area (Å²) in [6.45, 7) is 2.26. The van der Waals surface area contributed by atoms with E-state index in [1.54, 1.807) is 7.11 Å². The summed E-state index contributed by atoms with van der Waals surface area (Å²) in [7, 11) is 1.71. The zero-order chi connectivity index (χ0) is 11.4. The Morgan fingerprint density at radius 1 is 1.44 bits per heavy atom. The van der Waals surface area contributed by atoms with Crippen molar-refractivity contribution in [1.29, 1.82) is 0 Å². The van der Waals surface area contributed by atoms with Crippen molar-refractivity contribution in [2.24, 2.45) is 11.1 Å². The number of methoxy groups -OCH3 is 1. The van der Waals surface area contributed by atoms with Crippen molar-refractivity contribution in [1.82, 2.24) is 0 Å². The van der Waals surface area contributed by atoms with E-state index in [1.807, 2.05) is 18.2 Å². The maximum absolute atomic E-state index is 5.89. The first-order valence-electron chi connectivity index (χ1n) is 5.69. The number of hydrogen-bond donors (Lipinski definition) is 1. The van der Waals surface area contributed by atoms with Crippen LogP contribution in [0.2, 0.25) is 0 Å². The van der Waals surface area contributed by atoms with Gasteiger partial charge in [-0.3, -0.25) is 0 Å². The SMILES string of the molecule is COc1ccccc1CC1(CN)CCOC1. The van der Waals surface area contributed by atoms with Gasteiger partial charge < -0.3 is 15.2 Å². The largest absolute Gasteiger partial charge is 0.496 e. The summed E-state index contributed by atoms with van der Waals surface area (Å²) in [6.07, 6.45) is 1.98. The molecule has 0 aliphatic carbocycles. The first-order chi connectivity index (χ1) is 7.79. The minimum atomic E-state index is 0.106. The van der Waals surface area contributed by atoms with Gasteiger partial charge in [0.15, 0.2) is 0 Å². The molecule has 1 aliphatic heterocycles. The fourth-order valence-corrected chi connectivity index (χ4v) is 2.28. The van der Waals surface area contributed by atoms with Crippen molar-refractivity contribution in [2.45, 2.75) is 12.8 Å². The number of para-hydroxylation sites is 1. The van der Waals surface area contributed by atoms with Crippen molar-refractivity contribution in [3.05, 3.63) is 29.8 Å². The maximum Gasteiger partial charge on any atom is 0.122 e. The maximum atomic E-state index is 5.89. The van der Waals surface area contributed by atoms with E-state index in [2.05, 4.69) is 6.07 Å². The van der Waals surface area contributed by atoms with Crippen molar-refractivity contribution in [3.8, 4) is 5.75 Å². The highest BCUT2D eigenvalue weighted by Gasteiger charge is 2.34. The highest BCUT2D eigenvalue weighted by molar-refractivity contribution is 5.34. The Morgan fingerprint density at radius 2 is 2.25 bits per heavy atom. The number of hydrogen-bond acceptors (Lipinski definition) is 3. The molecule has 0 amide bonds. The second kappa shape index (κ2) is 4.85. The molecule has 1 aromatic rings. The van der Waals surface area contributed by atoms with Gasteiger partial charge in [-0.1, -0.05) is 18.2 Å². The van der Waals surface area contributed by atoms with Crippen LogP contribution in [0.25, 0.3) is 0 Å². The van der Waals surface area contributed by atoms with Crippen LogP contribution in [0.1, 0.15) is 12.0 Å². The van der Waals surface area contributed by atoms with Gasteiger partial charge in [0.1, 0.15) is 5.75 Å². The molecule has 0 bridgehead atoms. The van der Waals surface area contributed by atoms with Crippen LogP contribution in [0.4, 0.5) is 0 Å². The molecule has 88 valence electrons. The molecule has 0 radical (unpaired) electrons. The van der Waals surface area contributed by atoms with Gasteiger partial charge in [-0.25, -0.2) is 0 Å². The molecule has 1 unspecified atom stereocenters. The topological polar surface area (TPSA) is 44.5 Å². The second-order valence-corrected chi connectivity index (χ2v) is 4.50. The van der Waals surface area contributed by atoms with Gasteiger partial charge in [0.2, 0.25) is 0 Å². The first-order valence-corrected chi connectivity index (χ1v) is 5.69. The Kier molecular flexibility index (Phi) is 3.46. The molecular weight excluding hydrogens is 202 g/mol. The van der Waals surface area contributed by atoms with Gasteiger partial charge in [-0.05, 0) is 24.5 Å². The quantitative estimate of drug-likeness (QED) is 0.840. The zero-order valence-electron chi connectivity index (χ0n) is 9.74. The minimum absolute atomic E-state index is 0.106. The van der Waals surface area contributed by atoms with Crippen LogP contribution in [0.5, 0.6) is 5.75 Å². The lowest BCUT2D eigenvalue weighted by Gasteiger charge is -2.26. The van der Waals surface area contributed by atoms with E-state index in [1.165, 1.54) is 5.56 Å². The highest BCUT2D eigenvalue weighted by atomic mass is 16.5. The van der Waals surface area contributed by atoms with E-state index in [0.717, 1.165) is 31.8 Å². The fraction of sp³-hybridized carbons (Fsp3) is 0.538. The van der Waals surface area contributed by atoms with E-state index < -0.39 is 0 Å². The summed E-state index contributed by atoms with van der Waals surface area (Å²) in [6, 6.07) is 8.13. The summed E-state index contributed by atoms with van der Waals surface area (Å²) in [5.41, 5.74) is 7.22. The highest BCUT2D eigenvalue weighted by Crippen LogP contribution is 2.34. The molecule has 1 saturated heterocycles. The second-order valence-electron chi connectivity index (χ2n) is 4.50. The van der Waals surface area contributed by atoms with Gasteiger partial charge in [-0.15, -0.1) is 0 Å². The van der Waals surface area contributed by atoms with Crippen molar-refractivity contribution < 1.29 is 9.47 Å². The molecule has 3 heteroatoms. The third-order valence-corrected chi connectivity index (χ3v) is 3.38. The van der Waals surface area contributed by atoms with Gasteiger partial charge >= 0.3 is 0 Å². The number of ether oxygens (including phenoxy) is 2. The van der Waals surface area contributed by atoms with Crippen LogP contribution in [0.15, 0.2) is 24.3 Å².